The summed E-state index contributed by atoms with van der Waals surface area (Å²) in [7, 11) is 0. The molecule has 3 amide bonds. The maximum atomic E-state index is 14.7. The number of amides is 3. The Hall–Kier alpha value is -3.01. The summed E-state index contributed by atoms with van der Waals surface area (Å²) in [6.45, 7) is 6.42. The summed E-state index contributed by atoms with van der Waals surface area (Å²) in [5.74, 6) is -0.759. The number of hydrogen-bond acceptors (Lipinski definition) is 6. The lowest BCUT2D eigenvalue weighted by Gasteiger charge is -2.33. The molecule has 0 bridgehead atoms. The molecule has 9 nitrogen and oxygen atoms in total. The summed E-state index contributed by atoms with van der Waals surface area (Å²) < 4.78 is 20.1. The van der Waals surface area contributed by atoms with Gasteiger partial charge >= 0.3 is 17.8 Å². The molecule has 2 aromatic rings. The zero-order valence-corrected chi connectivity index (χ0v) is 17.1. The molecule has 10 heteroatoms. The second-order valence-corrected chi connectivity index (χ2v) is 8.67. The molecule has 0 spiro atoms. The predicted molar refractivity (Wildman–Crippen MR) is 105 cm³/mol. The van der Waals surface area contributed by atoms with Crippen molar-refractivity contribution in [2.75, 3.05) is 6.54 Å². The Kier molecular flexibility index (Phi) is 5.19. The number of urea groups is 1. The Labute approximate surface area is 173 Å². The normalized spacial score (nSPS) is 23.5. The van der Waals surface area contributed by atoms with Gasteiger partial charge in [-0.2, -0.15) is 0 Å². The van der Waals surface area contributed by atoms with Gasteiger partial charge in [0.25, 0.3) is 0 Å². The van der Waals surface area contributed by atoms with Crippen LogP contribution in [0.1, 0.15) is 60.8 Å². The number of nitrogens with zero attached hydrogens (tertiary/aromatic N) is 2. The van der Waals surface area contributed by atoms with Crippen LogP contribution in [0.15, 0.2) is 22.6 Å². The molecule has 4 rings (SSSR count). The highest BCUT2D eigenvalue weighted by atomic mass is 19.1. The van der Waals surface area contributed by atoms with Gasteiger partial charge in [0.05, 0.1) is 6.04 Å². The van der Waals surface area contributed by atoms with E-state index in [0.29, 0.717) is 11.5 Å². The molecule has 3 unspecified atom stereocenters. The van der Waals surface area contributed by atoms with Crippen molar-refractivity contribution in [2.24, 2.45) is 0 Å². The molecule has 0 aliphatic carbocycles. The van der Waals surface area contributed by atoms with Crippen LogP contribution in [-0.2, 0) is 12.0 Å². The number of fused-ring (bicyclic) bond motifs is 1. The quantitative estimate of drug-likeness (QED) is 0.600. The highest BCUT2D eigenvalue weighted by Gasteiger charge is 2.40. The Balaban J connectivity index is 1.42. The topological polar surface area (TPSA) is 121 Å². The lowest BCUT2D eigenvalue weighted by Crippen LogP contribution is -2.53. The van der Waals surface area contributed by atoms with Crippen molar-refractivity contribution < 1.29 is 18.4 Å². The number of carbonyl (C=O) groups excluding carboxylic acids is 2. The van der Waals surface area contributed by atoms with Crippen molar-refractivity contribution in [3.63, 3.8) is 0 Å². The summed E-state index contributed by atoms with van der Waals surface area (Å²) in [5.41, 5.74) is 0.798. The van der Waals surface area contributed by atoms with Gasteiger partial charge in [-0.25, -0.2) is 9.18 Å². The van der Waals surface area contributed by atoms with Crippen molar-refractivity contribution in [1.82, 2.24) is 31.5 Å². The third-order valence-electron chi connectivity index (χ3n) is 5.40. The Morgan fingerprint density at radius 2 is 2.10 bits per heavy atom. The first kappa shape index (κ1) is 20.3. The van der Waals surface area contributed by atoms with E-state index < -0.39 is 11.7 Å². The van der Waals surface area contributed by atoms with E-state index in [1.54, 1.807) is 6.07 Å². The summed E-state index contributed by atoms with van der Waals surface area (Å²) in [6, 6.07) is 4.61. The van der Waals surface area contributed by atoms with Gasteiger partial charge in [0.2, 0.25) is 5.89 Å². The number of halogens is 1. The minimum absolute atomic E-state index is 0.00236. The predicted octanol–water partition coefficient (Wildman–Crippen LogP) is 1.52. The molecule has 2 fully saturated rings. The molecule has 2 saturated heterocycles. The van der Waals surface area contributed by atoms with Crippen LogP contribution in [0.25, 0.3) is 0 Å². The van der Waals surface area contributed by atoms with Crippen LogP contribution in [0.3, 0.4) is 0 Å². The lowest BCUT2D eigenvalue weighted by molar-refractivity contribution is 0.0912. The second-order valence-electron chi connectivity index (χ2n) is 8.67. The molecule has 4 N–H and O–H groups in total. The van der Waals surface area contributed by atoms with Crippen LogP contribution in [0.2, 0.25) is 0 Å². The summed E-state index contributed by atoms with van der Waals surface area (Å²) in [6.07, 6.45) is 0.622. The summed E-state index contributed by atoms with van der Waals surface area (Å²) in [4.78, 5) is 23.9. The average Bonchev–Trinajstić information content (AvgIpc) is 3.32. The third-order valence-corrected chi connectivity index (χ3v) is 5.40. The third kappa shape index (κ3) is 4.00. The molecule has 30 heavy (non-hydrogen) atoms. The number of benzene rings is 1. The van der Waals surface area contributed by atoms with Gasteiger partial charge in [-0.05, 0) is 24.6 Å². The number of nitrogens with one attached hydrogen (secondary N) is 4. The highest BCUT2D eigenvalue weighted by Crippen LogP contribution is 2.30. The fourth-order valence-electron chi connectivity index (χ4n) is 3.77. The van der Waals surface area contributed by atoms with E-state index in [4.69, 9.17) is 4.42 Å². The largest absolute Gasteiger partial charge is 0.416 e. The minimum atomic E-state index is -0.553. The van der Waals surface area contributed by atoms with Gasteiger partial charge in [-0.3, -0.25) is 10.1 Å². The fraction of sp³-hybridized carbons (Fsp3) is 0.500. The molecule has 1 aromatic carbocycles. The second kappa shape index (κ2) is 7.67. The first-order valence-electron chi connectivity index (χ1n) is 9.93. The minimum Gasteiger partial charge on any atom is -0.416 e. The number of rotatable bonds is 4. The molecular weight excluding hydrogens is 391 g/mol. The van der Waals surface area contributed by atoms with E-state index in [1.165, 1.54) is 6.07 Å². The van der Waals surface area contributed by atoms with E-state index in [2.05, 4.69) is 31.5 Å². The molecule has 160 valence electrons. The number of hydrogen-bond donors (Lipinski definition) is 4. The van der Waals surface area contributed by atoms with Gasteiger partial charge in [0.15, 0.2) is 0 Å². The van der Waals surface area contributed by atoms with E-state index in [-0.39, 0.29) is 42.0 Å². The van der Waals surface area contributed by atoms with Gasteiger partial charge in [0, 0.05) is 23.4 Å². The van der Waals surface area contributed by atoms with E-state index in [0.717, 1.165) is 18.5 Å². The van der Waals surface area contributed by atoms with Crippen molar-refractivity contribution >= 4 is 11.9 Å². The fourth-order valence-corrected chi connectivity index (χ4v) is 3.77. The zero-order chi connectivity index (χ0) is 21.5. The van der Waals surface area contributed by atoms with Crippen LogP contribution in [0, 0.1) is 5.82 Å². The Bertz CT molecular complexity index is 970. The molecule has 3 heterocycles. The number of piperidine rings is 1. The first-order valence-corrected chi connectivity index (χ1v) is 9.93. The smallest absolute Gasteiger partial charge is 0.316 e. The Morgan fingerprint density at radius 1 is 1.30 bits per heavy atom. The van der Waals surface area contributed by atoms with Crippen molar-refractivity contribution in [1.29, 1.82) is 0 Å². The molecule has 2 aliphatic heterocycles. The monoisotopic (exact) mass is 416 g/mol. The van der Waals surface area contributed by atoms with E-state index >= 15 is 0 Å². The molecule has 2 aliphatic rings. The molecule has 1 aromatic heterocycles. The maximum absolute atomic E-state index is 14.7. The van der Waals surface area contributed by atoms with Gasteiger partial charge in [-0.1, -0.05) is 32.9 Å². The SMILES string of the molecule is CC(C)(C)c1nnc(C(=O)NCc2ccc(C3CCNC4NC(=O)NC43)cc2F)o1. The molecule has 0 radical (unpaired) electrons. The van der Waals surface area contributed by atoms with Crippen molar-refractivity contribution in [2.45, 2.75) is 57.3 Å². The van der Waals surface area contributed by atoms with Gasteiger partial charge < -0.3 is 20.4 Å². The number of carbonyl (C=O) groups is 2. The highest BCUT2D eigenvalue weighted by molar-refractivity contribution is 5.89. The van der Waals surface area contributed by atoms with E-state index in [1.807, 2.05) is 26.8 Å². The maximum Gasteiger partial charge on any atom is 0.316 e. The van der Waals surface area contributed by atoms with Gasteiger partial charge in [-0.15, -0.1) is 10.2 Å². The van der Waals surface area contributed by atoms with Crippen LogP contribution >= 0.6 is 0 Å². The van der Waals surface area contributed by atoms with Crippen molar-refractivity contribution in [3.05, 3.63) is 46.9 Å². The lowest BCUT2D eigenvalue weighted by atomic mass is 9.84. The summed E-state index contributed by atoms with van der Waals surface area (Å²) >= 11 is 0. The van der Waals surface area contributed by atoms with Crippen LogP contribution in [-0.4, -0.2) is 40.9 Å². The van der Waals surface area contributed by atoms with Crippen molar-refractivity contribution in [3.8, 4) is 0 Å². The zero-order valence-electron chi connectivity index (χ0n) is 17.1. The van der Waals surface area contributed by atoms with Crippen LogP contribution < -0.4 is 21.3 Å². The van der Waals surface area contributed by atoms with Crippen LogP contribution in [0.4, 0.5) is 9.18 Å². The Morgan fingerprint density at radius 3 is 2.80 bits per heavy atom. The molecular formula is C20H25FN6O3. The van der Waals surface area contributed by atoms with Crippen LogP contribution in [0.5, 0.6) is 0 Å². The molecule has 3 atom stereocenters. The van der Waals surface area contributed by atoms with Gasteiger partial charge in [0.1, 0.15) is 12.0 Å². The standard InChI is InChI=1S/C20H25FN6O3/c1-20(2,3)18-27-26-17(30-18)16(28)23-9-11-5-4-10(8-13(11)21)12-6-7-22-15-14(12)24-19(29)25-15/h4-5,8,12,14-15,22H,6-7,9H2,1-3H3,(H,23,28)(H2,24,25,29). The van der Waals surface area contributed by atoms with E-state index in [9.17, 15) is 14.0 Å². The summed E-state index contributed by atoms with van der Waals surface area (Å²) in [5, 5.41) is 19.2. The average molecular weight is 416 g/mol. The number of aromatic nitrogens is 2. The molecule has 0 saturated carbocycles. The first-order chi connectivity index (χ1) is 14.2.